The zero-order chi connectivity index (χ0) is 91.8. The summed E-state index contributed by atoms with van der Waals surface area (Å²) in [6.07, 6.45) is 53.6. The standard InChI is InChI=1S/2C42H57I3N3O3.3BrH.3F6P/c2*1-4-7-10-13-25-49-40-37(31-46-22-16-19-34(43)28-46)41(50-26-14-11-8-5-2)39(33-48-24-18-21-36(45)30-48)42(51-27-15-12-9-6-3)38(40)32-47-23-17-20-35(44)29-47;;;;3*1-7(2,3,4,5)6/h2*16-24,28-30H,4-15,25-27,31-33H2,1-3H3;3*1H;;;/q2*+3;;;;3*-1/p-3. The third-order valence-corrected chi connectivity index (χ3v) is 21.6. The average molecular weight is 2740 g/mol. The predicted molar refractivity (Wildman–Crippen MR) is 502 cm³/mol. The molecule has 0 amide bonds. The normalized spacial score (nSPS) is 12.9. The summed E-state index contributed by atoms with van der Waals surface area (Å²) < 4.78 is 240. The van der Waals surface area contributed by atoms with E-state index in [0.717, 1.165) is 145 Å². The van der Waals surface area contributed by atoms with Crippen LogP contribution in [0.15, 0.2) is 147 Å². The number of halogens is 27. The molecule has 0 N–H and O–H groups in total. The zero-order valence-corrected chi connectivity index (χ0v) is 91.4. The Morgan fingerprint density at radius 1 is 0.214 bits per heavy atom. The number of hydrogen-bond acceptors (Lipinski definition) is 6. The quantitative estimate of drug-likeness (QED) is 0.0124. The number of nitrogens with zero attached hydrogens (tertiary/aromatic N) is 6. The van der Waals surface area contributed by atoms with E-state index >= 15 is 0 Å². The molecule has 0 unspecified atom stereocenters. The van der Waals surface area contributed by atoms with E-state index in [-0.39, 0.29) is 50.9 Å². The number of rotatable bonds is 48. The molecule has 0 aliphatic carbocycles. The van der Waals surface area contributed by atoms with E-state index in [1.54, 1.807) is 0 Å². The van der Waals surface area contributed by atoms with Crippen LogP contribution in [0.5, 0.6) is 34.5 Å². The third-order valence-electron chi connectivity index (χ3n) is 17.7. The molecule has 8 aromatic rings. The monoisotopic (exact) mass is 2740 g/mol. The average Bonchev–Trinajstić information content (AvgIpc) is 0.755. The van der Waals surface area contributed by atoms with Crippen molar-refractivity contribution in [1.29, 1.82) is 0 Å². The van der Waals surface area contributed by atoms with Crippen LogP contribution in [0.3, 0.4) is 0 Å². The van der Waals surface area contributed by atoms with Crippen molar-refractivity contribution in [2.75, 3.05) is 39.6 Å². The van der Waals surface area contributed by atoms with Crippen molar-refractivity contribution in [2.24, 2.45) is 0 Å². The largest absolute Gasteiger partial charge is 1.00 e. The number of unbranched alkanes of at least 4 members (excludes halogenated alkanes) is 18. The zero-order valence-electron chi connectivity index (χ0n) is 71.0. The molecule has 0 aliphatic heterocycles. The van der Waals surface area contributed by atoms with Gasteiger partial charge in [0, 0.05) is 36.4 Å². The Labute approximate surface area is 842 Å². The molecule has 0 aliphatic rings. The first-order valence-corrected chi connectivity index (χ1v) is 53.5. The van der Waals surface area contributed by atoms with Crippen molar-refractivity contribution in [2.45, 2.75) is 235 Å². The van der Waals surface area contributed by atoms with Crippen molar-refractivity contribution < 1.29 is 182 Å². The van der Waals surface area contributed by atoms with E-state index in [0.29, 0.717) is 78.9 Å². The maximum Gasteiger partial charge on any atom is -1.00 e. The molecule has 126 heavy (non-hydrogen) atoms. The Balaban J connectivity index is 0.00000100. The Morgan fingerprint density at radius 2 is 0.333 bits per heavy atom. The van der Waals surface area contributed by atoms with E-state index in [4.69, 9.17) is 28.4 Å². The van der Waals surface area contributed by atoms with Gasteiger partial charge in [0.1, 0.15) is 67.9 Å². The number of aromatic nitrogens is 6. The molecule has 0 fully saturated rings. The number of ether oxygens (including phenoxy) is 6. The SMILES string of the molecule is CCCCCCOc1c(C[n+]2cccc(I)c2)c(OCCCCCC)c(C[n+]2cccc(I)c2)c(OCCCCCC)c1C[n+]1cccc(I)c1.CCCCCCOc1c(C[n+]2cccc(I)c2)c(OCCCCCC)c(C[n+]2cccc(I)c2)c(OCCCCCC)c1C[n+]1cccc(I)c1.F[P-](F)(F)(F)(F)F.F[P-](F)(F)(F)(F)F.F[P-](F)(F)(F)(F)F.[Br-].[Br-].[Br-]. The van der Waals surface area contributed by atoms with E-state index in [1.165, 1.54) is 98.5 Å². The van der Waals surface area contributed by atoms with E-state index < -0.39 is 23.4 Å². The van der Waals surface area contributed by atoms with Crippen molar-refractivity contribution in [1.82, 2.24) is 0 Å². The van der Waals surface area contributed by atoms with Crippen molar-refractivity contribution in [3.05, 3.63) is 202 Å². The summed E-state index contributed by atoms with van der Waals surface area (Å²) in [7, 11) is -32.0. The van der Waals surface area contributed by atoms with Gasteiger partial charge in [0.2, 0.25) is 0 Å². The van der Waals surface area contributed by atoms with Gasteiger partial charge in [-0.2, -0.15) is 27.4 Å². The van der Waals surface area contributed by atoms with E-state index in [1.807, 2.05) is 0 Å². The maximum atomic E-state index is 9.87. The van der Waals surface area contributed by atoms with Gasteiger partial charge in [-0.3, -0.25) is 0 Å². The second kappa shape index (κ2) is 55.9. The first kappa shape index (κ1) is 122. The third kappa shape index (κ3) is 60.4. The molecule has 6 heterocycles. The minimum atomic E-state index is -10.7. The molecule has 12 nitrogen and oxygen atoms in total. The first-order valence-electron chi connectivity index (χ1n) is 41.0. The molecule has 2 aromatic carbocycles. The smallest absolute Gasteiger partial charge is 1.00 e. The fourth-order valence-corrected chi connectivity index (χ4v) is 15.9. The minimum absolute atomic E-state index is 0. The topological polar surface area (TPSA) is 78.7 Å². The van der Waals surface area contributed by atoms with Crippen LogP contribution in [0.25, 0.3) is 0 Å². The molecule has 42 heteroatoms. The second-order valence-electron chi connectivity index (χ2n) is 29.3. The molecule has 0 saturated carbocycles. The Hall–Kier alpha value is -2.01. The molecular weight excluding hydrogens is 2620 g/mol. The fourth-order valence-electron chi connectivity index (χ4n) is 12.5. The van der Waals surface area contributed by atoms with E-state index in [2.05, 4.69) is 352 Å². The van der Waals surface area contributed by atoms with Gasteiger partial charge in [0.15, 0.2) is 114 Å². The van der Waals surface area contributed by atoms with Gasteiger partial charge in [-0.15, -0.1) is 0 Å². The van der Waals surface area contributed by atoms with Gasteiger partial charge < -0.3 is 79.4 Å². The van der Waals surface area contributed by atoms with Crippen LogP contribution in [-0.4, -0.2) is 39.6 Å². The maximum absolute atomic E-state index is 10.7. The molecule has 8 rings (SSSR count). The summed E-state index contributed by atoms with van der Waals surface area (Å²) in [6.45, 7) is 21.3. The Kier molecular flexibility index (Phi) is 54.1. The molecule has 0 spiro atoms. The van der Waals surface area contributed by atoms with Gasteiger partial charge >= 0.3 is 99.0 Å². The van der Waals surface area contributed by atoms with Gasteiger partial charge in [-0.25, -0.2) is 0 Å². The minimum Gasteiger partial charge on any atom is -1.00 e. The van der Waals surface area contributed by atoms with E-state index in [9.17, 15) is 75.5 Å². The van der Waals surface area contributed by atoms with Crippen molar-refractivity contribution >= 4 is 159 Å². The van der Waals surface area contributed by atoms with Crippen molar-refractivity contribution in [3.8, 4) is 34.5 Å². The summed E-state index contributed by atoms with van der Waals surface area (Å²) in [6, 6.07) is 25.6. The van der Waals surface area contributed by atoms with Crippen LogP contribution in [0.1, 0.15) is 229 Å². The van der Waals surface area contributed by atoms with Crippen LogP contribution in [0.2, 0.25) is 0 Å². The predicted octanol–water partition coefficient (Wildman–Crippen LogP) is 21.9. The first-order chi connectivity index (χ1) is 57.2. The molecule has 0 saturated heterocycles. The molecule has 0 atom stereocenters. The Bertz CT molecular complexity index is 3810. The van der Waals surface area contributed by atoms with Crippen molar-refractivity contribution in [3.63, 3.8) is 0 Å². The molecule has 0 bridgehead atoms. The van der Waals surface area contributed by atoms with Crippen LogP contribution in [0, 0.1) is 21.4 Å². The number of hydrogen-bond donors (Lipinski definition) is 0. The summed E-state index contributed by atoms with van der Waals surface area (Å²) in [5.74, 6) is 5.46. The molecule has 6 aromatic heterocycles. The van der Waals surface area contributed by atoms with Crippen LogP contribution >= 0.6 is 159 Å². The molecular formula is C84H114Br3F18I6N6O6P3. The van der Waals surface area contributed by atoms with Crippen LogP contribution < -0.4 is 107 Å². The van der Waals surface area contributed by atoms with Gasteiger partial charge in [-0.05, 0) is 210 Å². The summed E-state index contributed by atoms with van der Waals surface area (Å²) >= 11 is 14.4. The second-order valence-corrected chi connectivity index (χ2v) is 42.6. The van der Waals surface area contributed by atoms with Gasteiger partial charge in [-0.1, -0.05) is 157 Å². The fraction of sp³-hybridized carbons (Fsp3) is 0.500. The number of pyridine rings is 6. The number of benzene rings is 2. The summed E-state index contributed by atoms with van der Waals surface area (Å²) in [5, 5.41) is 0. The molecule has 720 valence electrons. The summed E-state index contributed by atoms with van der Waals surface area (Å²) in [5.41, 5.74) is 6.55. The van der Waals surface area contributed by atoms with Crippen LogP contribution in [-0.2, 0) is 39.3 Å². The van der Waals surface area contributed by atoms with Gasteiger partial charge in [0.25, 0.3) is 0 Å². The Morgan fingerprint density at radius 3 is 0.437 bits per heavy atom. The van der Waals surface area contributed by atoms with Gasteiger partial charge in [0.05, 0.1) is 61.1 Å². The van der Waals surface area contributed by atoms with Crippen LogP contribution in [0.4, 0.5) is 75.5 Å². The molecule has 0 radical (unpaired) electrons. The summed E-state index contributed by atoms with van der Waals surface area (Å²) in [4.78, 5) is 0.